The van der Waals surface area contributed by atoms with Crippen LogP contribution in [-0.4, -0.2) is 18.6 Å². The third-order valence-electron chi connectivity index (χ3n) is 3.04. The van der Waals surface area contributed by atoms with Crippen LogP contribution >= 0.6 is 21.7 Å². The van der Waals surface area contributed by atoms with Crippen LogP contribution < -0.4 is 9.64 Å². The molecule has 2 heterocycles. The van der Waals surface area contributed by atoms with Gasteiger partial charge in [0.2, 0.25) is 5.91 Å². The molecule has 0 radical (unpaired) electrons. The lowest BCUT2D eigenvalue weighted by Gasteiger charge is -2.32. The Bertz CT molecular complexity index is 452. The number of benzene rings is 1. The first-order chi connectivity index (χ1) is 7.79. The zero-order valence-corrected chi connectivity index (χ0v) is 10.1. The Kier molecular flexibility index (Phi) is 2.48. The number of carbonyl (C=O) groups excluding carboxylic acids is 1. The molecule has 84 valence electrons. The second-order valence-electron chi connectivity index (χ2n) is 3.97. The van der Waals surface area contributed by atoms with Crippen LogP contribution in [0.15, 0.2) is 23.1 Å². The van der Waals surface area contributed by atoms with Crippen LogP contribution in [0, 0.1) is 0 Å². The highest BCUT2D eigenvalue weighted by atomic mass is 35.7. The molecule has 16 heavy (non-hydrogen) atoms. The molecule has 1 unspecified atom stereocenters. The fourth-order valence-electron chi connectivity index (χ4n) is 2.28. The van der Waals surface area contributed by atoms with Crippen molar-refractivity contribution in [2.45, 2.75) is 23.8 Å². The van der Waals surface area contributed by atoms with Crippen molar-refractivity contribution in [1.29, 1.82) is 0 Å². The van der Waals surface area contributed by atoms with Crippen molar-refractivity contribution in [1.82, 2.24) is 0 Å². The number of nitrogens with zero attached hydrogens (tertiary/aromatic N) is 1. The Labute approximate surface area is 102 Å². The number of ether oxygens (including phenoxy) is 1. The number of anilines is 1. The number of rotatable bonds is 1. The van der Waals surface area contributed by atoms with E-state index < -0.39 is 0 Å². The molecule has 5 heteroatoms. The Hall–Kier alpha value is -0.870. The summed E-state index contributed by atoms with van der Waals surface area (Å²) in [7, 11) is 6.85. The van der Waals surface area contributed by atoms with E-state index in [0.29, 0.717) is 13.0 Å². The third kappa shape index (κ3) is 1.48. The lowest BCUT2D eigenvalue weighted by atomic mass is 10.2. The molecule has 1 fully saturated rings. The minimum Gasteiger partial charge on any atom is -0.489 e. The lowest BCUT2D eigenvalue weighted by Crippen LogP contribution is -2.40. The lowest BCUT2D eigenvalue weighted by molar-refractivity contribution is -0.117. The van der Waals surface area contributed by atoms with Crippen LogP contribution in [0.1, 0.15) is 12.8 Å². The van der Waals surface area contributed by atoms with Gasteiger partial charge in [0.15, 0.2) is 0 Å². The molecule has 3 nitrogen and oxygen atoms in total. The Morgan fingerprint density at radius 1 is 1.50 bits per heavy atom. The molecular formula is C11H10ClNO2S. The smallest absolute Gasteiger partial charge is 0.227 e. The predicted molar refractivity (Wildman–Crippen MR) is 64.2 cm³/mol. The maximum absolute atomic E-state index is 11.8. The van der Waals surface area contributed by atoms with Gasteiger partial charge < -0.3 is 9.64 Å². The average Bonchev–Trinajstić information content (AvgIpc) is 2.70. The number of halogens is 1. The number of hydrogen-bond acceptors (Lipinski definition) is 3. The fourth-order valence-corrected chi connectivity index (χ4v) is 2.83. The molecule has 2 aliphatic heterocycles. The molecule has 0 N–H and O–H groups in total. The summed E-state index contributed by atoms with van der Waals surface area (Å²) in [5.41, 5.74) is 0.883. The van der Waals surface area contributed by atoms with E-state index in [1.165, 1.54) is 0 Å². The van der Waals surface area contributed by atoms with E-state index in [-0.39, 0.29) is 11.9 Å². The summed E-state index contributed by atoms with van der Waals surface area (Å²) < 4.78 is 5.66. The molecule has 0 bridgehead atoms. The zero-order valence-electron chi connectivity index (χ0n) is 8.48. The maximum Gasteiger partial charge on any atom is 0.227 e. The summed E-state index contributed by atoms with van der Waals surface area (Å²) in [6.45, 7) is 0.592. The van der Waals surface area contributed by atoms with Crippen LogP contribution in [0.2, 0.25) is 0 Å². The van der Waals surface area contributed by atoms with Gasteiger partial charge in [-0.3, -0.25) is 4.79 Å². The third-order valence-corrected chi connectivity index (χ3v) is 4.00. The molecule has 0 aromatic heterocycles. The van der Waals surface area contributed by atoms with Gasteiger partial charge in [0.1, 0.15) is 12.4 Å². The van der Waals surface area contributed by atoms with Crippen molar-refractivity contribution in [2.24, 2.45) is 0 Å². The van der Waals surface area contributed by atoms with Crippen molar-refractivity contribution in [3.8, 4) is 5.75 Å². The normalized spacial score (nSPS) is 22.7. The SMILES string of the molecule is O=C1CCC2COc3cc(SCl)ccc3N12. The molecule has 1 aromatic carbocycles. The monoisotopic (exact) mass is 255 g/mol. The predicted octanol–water partition coefficient (Wildman–Crippen LogP) is 2.82. The largest absolute Gasteiger partial charge is 0.489 e. The molecule has 2 aliphatic rings. The van der Waals surface area contributed by atoms with Gasteiger partial charge >= 0.3 is 0 Å². The van der Waals surface area contributed by atoms with E-state index in [9.17, 15) is 4.79 Å². The van der Waals surface area contributed by atoms with Gasteiger partial charge in [-0.15, -0.1) is 0 Å². The van der Waals surface area contributed by atoms with E-state index in [0.717, 1.165) is 33.7 Å². The summed E-state index contributed by atoms with van der Waals surface area (Å²) in [6.07, 6.45) is 1.52. The van der Waals surface area contributed by atoms with Crippen molar-refractivity contribution < 1.29 is 9.53 Å². The van der Waals surface area contributed by atoms with E-state index in [2.05, 4.69) is 0 Å². The topological polar surface area (TPSA) is 29.5 Å². The van der Waals surface area contributed by atoms with Gasteiger partial charge in [-0.05, 0) is 46.3 Å². The second kappa shape index (κ2) is 3.86. The fraction of sp³-hybridized carbons (Fsp3) is 0.364. The zero-order chi connectivity index (χ0) is 11.1. The Balaban J connectivity index is 2.05. The molecule has 0 saturated carbocycles. The highest BCUT2D eigenvalue weighted by Crippen LogP contribution is 2.40. The van der Waals surface area contributed by atoms with Crippen LogP contribution in [-0.2, 0) is 4.79 Å². The van der Waals surface area contributed by atoms with Crippen molar-refractivity contribution in [2.75, 3.05) is 11.5 Å². The van der Waals surface area contributed by atoms with Crippen LogP contribution in [0.25, 0.3) is 0 Å². The standard InChI is InChI=1S/C11H10ClNO2S/c12-16-8-2-3-9-10(5-8)15-6-7-1-4-11(14)13(7)9/h2-3,5,7H,1,4,6H2. The molecule has 0 spiro atoms. The van der Waals surface area contributed by atoms with Gasteiger partial charge in [0, 0.05) is 11.3 Å². The van der Waals surface area contributed by atoms with Crippen molar-refractivity contribution >= 4 is 33.3 Å². The van der Waals surface area contributed by atoms with Gasteiger partial charge in [0.05, 0.1) is 11.7 Å². The maximum atomic E-state index is 11.8. The van der Waals surface area contributed by atoms with E-state index >= 15 is 0 Å². The summed E-state index contributed by atoms with van der Waals surface area (Å²) in [5.74, 6) is 0.956. The minimum atomic E-state index is 0.195. The summed E-state index contributed by atoms with van der Waals surface area (Å²) in [4.78, 5) is 14.6. The van der Waals surface area contributed by atoms with Gasteiger partial charge in [-0.2, -0.15) is 0 Å². The number of amides is 1. The van der Waals surface area contributed by atoms with Crippen LogP contribution in [0.5, 0.6) is 5.75 Å². The molecule has 1 atom stereocenters. The van der Waals surface area contributed by atoms with Gasteiger partial charge in [-0.1, -0.05) is 0 Å². The van der Waals surface area contributed by atoms with Gasteiger partial charge in [-0.25, -0.2) is 0 Å². The molecule has 1 saturated heterocycles. The first kappa shape index (κ1) is 10.3. The van der Waals surface area contributed by atoms with Crippen molar-refractivity contribution in [3.05, 3.63) is 18.2 Å². The minimum absolute atomic E-state index is 0.195. The molecular weight excluding hydrogens is 246 g/mol. The highest BCUT2D eigenvalue weighted by molar-refractivity contribution is 8.21. The Morgan fingerprint density at radius 2 is 2.38 bits per heavy atom. The molecule has 3 rings (SSSR count). The summed E-state index contributed by atoms with van der Waals surface area (Å²) in [6, 6.07) is 5.92. The number of carbonyl (C=O) groups is 1. The summed E-state index contributed by atoms with van der Waals surface area (Å²) in [5, 5.41) is 0. The van der Waals surface area contributed by atoms with Crippen molar-refractivity contribution in [3.63, 3.8) is 0 Å². The molecule has 1 amide bonds. The van der Waals surface area contributed by atoms with E-state index in [1.54, 1.807) is 0 Å². The second-order valence-corrected chi connectivity index (χ2v) is 5.06. The van der Waals surface area contributed by atoms with Crippen LogP contribution in [0.4, 0.5) is 5.69 Å². The van der Waals surface area contributed by atoms with Crippen LogP contribution in [0.3, 0.4) is 0 Å². The molecule has 0 aliphatic carbocycles. The van der Waals surface area contributed by atoms with Gasteiger partial charge in [0.25, 0.3) is 0 Å². The van der Waals surface area contributed by atoms with E-state index in [4.69, 9.17) is 15.4 Å². The van der Waals surface area contributed by atoms with E-state index in [1.807, 2.05) is 23.1 Å². The Morgan fingerprint density at radius 3 is 3.19 bits per heavy atom. The number of hydrogen-bond donors (Lipinski definition) is 0. The first-order valence-electron chi connectivity index (χ1n) is 5.17. The average molecular weight is 256 g/mol. The number of fused-ring (bicyclic) bond motifs is 3. The quantitative estimate of drug-likeness (QED) is 0.773. The molecule has 1 aromatic rings. The summed E-state index contributed by atoms with van der Waals surface area (Å²) >= 11 is 0. The highest BCUT2D eigenvalue weighted by Gasteiger charge is 2.37. The first-order valence-corrected chi connectivity index (χ1v) is 6.81.